The highest BCUT2D eigenvalue weighted by molar-refractivity contribution is 5.86. The van der Waals surface area contributed by atoms with Gasteiger partial charge in [0.25, 0.3) is 0 Å². The number of fused-ring (bicyclic) bond motifs is 1. The molecule has 0 aliphatic heterocycles. The Balaban J connectivity index is 1.56. The van der Waals surface area contributed by atoms with Gasteiger partial charge in [0.05, 0.1) is 12.2 Å². The molecule has 2 heterocycles. The number of rotatable bonds is 7. The van der Waals surface area contributed by atoms with E-state index in [1.54, 1.807) is 12.4 Å². The first-order chi connectivity index (χ1) is 11.8. The fourth-order valence-electron chi connectivity index (χ4n) is 2.38. The largest absolute Gasteiger partial charge is 0.490 e. The van der Waals surface area contributed by atoms with Gasteiger partial charge in [-0.1, -0.05) is 25.1 Å². The number of nitrogens with two attached hydrogens (primary N) is 1. The Hall–Kier alpha value is -2.66. The molecule has 3 aromatic rings. The maximum atomic E-state index is 6.09. The van der Waals surface area contributed by atoms with Crippen molar-refractivity contribution in [2.75, 3.05) is 13.2 Å². The van der Waals surface area contributed by atoms with Crippen molar-refractivity contribution >= 4 is 10.8 Å². The van der Waals surface area contributed by atoms with Crippen molar-refractivity contribution in [2.45, 2.75) is 19.4 Å². The molecule has 0 bridgehead atoms. The summed E-state index contributed by atoms with van der Waals surface area (Å²) in [6.45, 7) is 2.78. The predicted molar refractivity (Wildman–Crippen MR) is 94.3 cm³/mol. The molecular weight excluding hydrogens is 302 g/mol. The quantitative estimate of drug-likeness (QED) is 0.724. The van der Waals surface area contributed by atoms with Gasteiger partial charge in [-0.05, 0) is 35.6 Å². The minimum Gasteiger partial charge on any atom is -0.490 e. The minimum absolute atomic E-state index is 0.254. The minimum atomic E-state index is -0.254. The first kappa shape index (κ1) is 16.2. The number of hydrogen-bond donors (Lipinski definition) is 1. The lowest BCUT2D eigenvalue weighted by Crippen LogP contribution is -2.34. The summed E-state index contributed by atoms with van der Waals surface area (Å²) in [6, 6.07) is 11.7. The van der Waals surface area contributed by atoms with E-state index in [0.29, 0.717) is 19.1 Å². The summed E-state index contributed by atoms with van der Waals surface area (Å²) in [5.41, 5.74) is 7.22. The number of ether oxygens (including phenoxy) is 2. The Morgan fingerprint density at radius 1 is 1.08 bits per heavy atom. The molecule has 24 heavy (non-hydrogen) atoms. The third kappa shape index (κ3) is 4.00. The molecule has 0 unspecified atom stereocenters. The number of hydrogen-bond acceptors (Lipinski definition) is 5. The van der Waals surface area contributed by atoms with E-state index >= 15 is 0 Å². The summed E-state index contributed by atoms with van der Waals surface area (Å²) >= 11 is 0. The van der Waals surface area contributed by atoms with Crippen LogP contribution < -0.4 is 15.2 Å². The van der Waals surface area contributed by atoms with Gasteiger partial charge in [0, 0.05) is 17.8 Å². The molecule has 2 aromatic heterocycles. The van der Waals surface area contributed by atoms with Crippen molar-refractivity contribution in [3.8, 4) is 11.6 Å². The molecule has 3 rings (SSSR count). The van der Waals surface area contributed by atoms with Crippen molar-refractivity contribution in [3.63, 3.8) is 0 Å². The normalized spacial score (nSPS) is 12.1. The van der Waals surface area contributed by atoms with Gasteiger partial charge in [-0.15, -0.1) is 0 Å². The van der Waals surface area contributed by atoms with Crippen LogP contribution >= 0.6 is 0 Å². The van der Waals surface area contributed by atoms with Crippen molar-refractivity contribution in [2.24, 2.45) is 5.73 Å². The SMILES string of the molecule is CCc1cncc(OC[C@@H](N)COc2nccc3ccccc23)c1. The molecule has 2 N–H and O–H groups in total. The maximum absolute atomic E-state index is 6.09. The second-order valence-electron chi connectivity index (χ2n) is 5.60. The second kappa shape index (κ2) is 7.75. The van der Waals surface area contributed by atoms with E-state index in [0.717, 1.165) is 28.5 Å². The molecule has 1 atom stereocenters. The van der Waals surface area contributed by atoms with Crippen LogP contribution in [-0.4, -0.2) is 29.2 Å². The van der Waals surface area contributed by atoms with Gasteiger partial charge in [0.1, 0.15) is 19.0 Å². The zero-order valence-corrected chi connectivity index (χ0v) is 13.7. The van der Waals surface area contributed by atoms with Gasteiger partial charge in [-0.25, -0.2) is 4.98 Å². The van der Waals surface area contributed by atoms with Crippen LogP contribution in [0.15, 0.2) is 55.0 Å². The standard InChI is InChI=1S/C19H21N3O2/c1-2-14-9-17(11-21-10-14)23-12-16(20)13-24-19-18-6-4-3-5-15(18)7-8-22-19/h3-11,16H,2,12-13,20H2,1H3/t16-/m1/s1. The Bertz CT molecular complexity index is 802. The lowest BCUT2D eigenvalue weighted by atomic mass is 10.2. The highest BCUT2D eigenvalue weighted by atomic mass is 16.5. The highest BCUT2D eigenvalue weighted by Gasteiger charge is 2.08. The summed E-state index contributed by atoms with van der Waals surface area (Å²) in [5.74, 6) is 1.33. The third-order valence-electron chi connectivity index (χ3n) is 3.71. The lowest BCUT2D eigenvalue weighted by Gasteiger charge is -2.15. The lowest BCUT2D eigenvalue weighted by molar-refractivity contribution is 0.217. The number of nitrogens with zero attached hydrogens (tertiary/aromatic N) is 2. The van der Waals surface area contributed by atoms with E-state index < -0.39 is 0 Å². The van der Waals surface area contributed by atoms with Crippen molar-refractivity contribution in [1.29, 1.82) is 0 Å². The van der Waals surface area contributed by atoms with Gasteiger partial charge in [-0.3, -0.25) is 4.98 Å². The van der Waals surface area contributed by atoms with Gasteiger partial charge < -0.3 is 15.2 Å². The molecule has 1 aromatic carbocycles. The van der Waals surface area contributed by atoms with Gasteiger partial charge in [0.2, 0.25) is 5.88 Å². The molecule has 0 radical (unpaired) electrons. The average molecular weight is 323 g/mol. The molecule has 0 fully saturated rings. The Labute approximate surface area is 141 Å². The van der Waals surface area contributed by atoms with E-state index in [9.17, 15) is 0 Å². The predicted octanol–water partition coefficient (Wildman–Crippen LogP) is 2.98. The summed E-state index contributed by atoms with van der Waals surface area (Å²) in [4.78, 5) is 8.45. The average Bonchev–Trinajstić information content (AvgIpc) is 2.64. The van der Waals surface area contributed by atoms with Crippen LogP contribution in [0.4, 0.5) is 0 Å². The smallest absolute Gasteiger partial charge is 0.221 e. The molecule has 0 aliphatic rings. The van der Waals surface area contributed by atoms with Crippen LogP contribution in [0.1, 0.15) is 12.5 Å². The van der Waals surface area contributed by atoms with Gasteiger partial charge in [0.15, 0.2) is 0 Å². The Morgan fingerprint density at radius 2 is 1.92 bits per heavy atom. The van der Waals surface area contributed by atoms with Crippen LogP contribution in [-0.2, 0) is 6.42 Å². The molecule has 0 saturated heterocycles. The number of pyridine rings is 2. The second-order valence-corrected chi connectivity index (χ2v) is 5.60. The topological polar surface area (TPSA) is 70.3 Å². The molecule has 5 nitrogen and oxygen atoms in total. The van der Waals surface area contributed by atoms with Crippen LogP contribution in [0.2, 0.25) is 0 Å². The van der Waals surface area contributed by atoms with Crippen LogP contribution in [0, 0.1) is 0 Å². The van der Waals surface area contributed by atoms with Gasteiger partial charge in [-0.2, -0.15) is 0 Å². The van der Waals surface area contributed by atoms with E-state index in [1.165, 1.54) is 0 Å². The fraction of sp³-hybridized carbons (Fsp3) is 0.263. The highest BCUT2D eigenvalue weighted by Crippen LogP contribution is 2.22. The third-order valence-corrected chi connectivity index (χ3v) is 3.71. The van der Waals surface area contributed by atoms with Gasteiger partial charge >= 0.3 is 0 Å². The molecule has 5 heteroatoms. The Morgan fingerprint density at radius 3 is 2.79 bits per heavy atom. The van der Waals surface area contributed by atoms with Crippen LogP contribution in [0.3, 0.4) is 0 Å². The van der Waals surface area contributed by atoms with Crippen LogP contribution in [0.5, 0.6) is 11.6 Å². The molecule has 124 valence electrons. The molecular formula is C19H21N3O2. The first-order valence-corrected chi connectivity index (χ1v) is 8.05. The zero-order chi connectivity index (χ0) is 16.8. The number of benzene rings is 1. The molecule has 0 aliphatic carbocycles. The van der Waals surface area contributed by atoms with Crippen molar-refractivity contribution in [1.82, 2.24) is 9.97 Å². The Kier molecular flexibility index (Phi) is 5.23. The van der Waals surface area contributed by atoms with E-state index in [4.69, 9.17) is 15.2 Å². The summed E-state index contributed by atoms with van der Waals surface area (Å²) in [7, 11) is 0. The monoisotopic (exact) mass is 323 g/mol. The number of aryl methyl sites for hydroxylation is 1. The molecule has 0 spiro atoms. The summed E-state index contributed by atoms with van der Waals surface area (Å²) in [6.07, 6.45) is 6.19. The summed E-state index contributed by atoms with van der Waals surface area (Å²) in [5, 5.41) is 2.07. The fourth-order valence-corrected chi connectivity index (χ4v) is 2.38. The van der Waals surface area contributed by atoms with Crippen LogP contribution in [0.25, 0.3) is 10.8 Å². The summed E-state index contributed by atoms with van der Waals surface area (Å²) < 4.78 is 11.5. The van der Waals surface area contributed by atoms with E-state index in [2.05, 4.69) is 16.9 Å². The number of aromatic nitrogens is 2. The first-order valence-electron chi connectivity index (χ1n) is 8.05. The molecule has 0 saturated carbocycles. The maximum Gasteiger partial charge on any atom is 0.221 e. The van der Waals surface area contributed by atoms with Crippen molar-refractivity contribution in [3.05, 3.63) is 60.6 Å². The zero-order valence-electron chi connectivity index (χ0n) is 13.7. The van der Waals surface area contributed by atoms with E-state index in [1.807, 2.05) is 42.6 Å². The van der Waals surface area contributed by atoms with E-state index in [-0.39, 0.29) is 6.04 Å². The van der Waals surface area contributed by atoms with Crippen molar-refractivity contribution < 1.29 is 9.47 Å². The molecule has 0 amide bonds.